The molecule has 0 fully saturated rings. The Hall–Kier alpha value is -1.66. The third kappa shape index (κ3) is 3.65. The van der Waals surface area contributed by atoms with Crippen molar-refractivity contribution in [2.45, 2.75) is 32.8 Å². The number of hydrazine groups is 1. The van der Waals surface area contributed by atoms with E-state index in [-0.39, 0.29) is 5.41 Å². The van der Waals surface area contributed by atoms with Crippen molar-refractivity contribution >= 4 is 16.5 Å². The summed E-state index contributed by atoms with van der Waals surface area (Å²) in [4.78, 5) is 0. The topological polar surface area (TPSA) is 73.1 Å². The molecule has 1 aromatic heterocycles. The fraction of sp³-hybridized carbons (Fsp3) is 0.385. The summed E-state index contributed by atoms with van der Waals surface area (Å²) < 4.78 is 5.73. The van der Waals surface area contributed by atoms with Crippen LogP contribution in [0.1, 0.15) is 31.3 Å². The van der Waals surface area contributed by atoms with Crippen LogP contribution in [0.4, 0.5) is 5.13 Å². The zero-order valence-electron chi connectivity index (χ0n) is 11.3. The van der Waals surface area contributed by atoms with Gasteiger partial charge in [0.25, 0.3) is 0 Å². The highest BCUT2D eigenvalue weighted by Crippen LogP contribution is 2.26. The summed E-state index contributed by atoms with van der Waals surface area (Å²) in [5.41, 5.74) is 3.82. The van der Waals surface area contributed by atoms with Crippen LogP contribution in [0.2, 0.25) is 0 Å². The molecular weight excluding hydrogens is 260 g/mol. The van der Waals surface area contributed by atoms with Crippen molar-refractivity contribution in [3.8, 4) is 5.75 Å². The van der Waals surface area contributed by atoms with Gasteiger partial charge in [-0.25, -0.2) is 5.84 Å². The highest BCUT2D eigenvalue weighted by atomic mass is 32.1. The first-order valence-corrected chi connectivity index (χ1v) is 6.83. The lowest BCUT2D eigenvalue weighted by molar-refractivity contribution is 0.303. The predicted molar refractivity (Wildman–Crippen MR) is 77.2 cm³/mol. The summed E-state index contributed by atoms with van der Waals surface area (Å²) in [5.74, 6) is 6.09. The first-order chi connectivity index (χ1) is 8.99. The van der Waals surface area contributed by atoms with E-state index in [2.05, 4.69) is 48.5 Å². The van der Waals surface area contributed by atoms with Gasteiger partial charge in [-0.1, -0.05) is 44.2 Å². The van der Waals surface area contributed by atoms with Crippen molar-refractivity contribution in [3.63, 3.8) is 0 Å². The summed E-state index contributed by atoms with van der Waals surface area (Å²) in [6.07, 6.45) is 0. The van der Waals surface area contributed by atoms with E-state index in [1.165, 1.54) is 16.9 Å². The summed E-state index contributed by atoms with van der Waals surface area (Å²) in [7, 11) is 0. The van der Waals surface area contributed by atoms with Crippen molar-refractivity contribution in [2.24, 2.45) is 5.84 Å². The zero-order valence-corrected chi connectivity index (χ0v) is 12.1. The van der Waals surface area contributed by atoms with Crippen LogP contribution in [0, 0.1) is 0 Å². The van der Waals surface area contributed by atoms with Gasteiger partial charge in [0, 0.05) is 0 Å². The molecule has 0 aliphatic rings. The molecule has 19 heavy (non-hydrogen) atoms. The van der Waals surface area contributed by atoms with E-state index in [9.17, 15) is 0 Å². The Bertz CT molecular complexity index is 548. The van der Waals surface area contributed by atoms with Crippen molar-refractivity contribution in [3.05, 3.63) is 34.8 Å². The van der Waals surface area contributed by atoms with E-state index >= 15 is 0 Å². The van der Waals surface area contributed by atoms with Gasteiger partial charge in [0.15, 0.2) is 5.01 Å². The number of hydrogen-bond donors (Lipinski definition) is 2. The molecule has 0 amide bonds. The largest absolute Gasteiger partial charge is 0.486 e. The smallest absolute Gasteiger partial charge is 0.219 e. The average Bonchev–Trinajstić information content (AvgIpc) is 2.84. The molecule has 0 aliphatic heterocycles. The van der Waals surface area contributed by atoms with E-state index in [1.54, 1.807) is 0 Å². The molecule has 0 unspecified atom stereocenters. The third-order valence-corrected chi connectivity index (χ3v) is 3.48. The van der Waals surface area contributed by atoms with Gasteiger partial charge in [0.2, 0.25) is 5.13 Å². The monoisotopic (exact) mass is 278 g/mol. The molecule has 102 valence electrons. The van der Waals surface area contributed by atoms with E-state index < -0.39 is 0 Å². The Kier molecular flexibility index (Phi) is 4.01. The first kappa shape index (κ1) is 13.8. The average molecular weight is 278 g/mol. The highest BCUT2D eigenvalue weighted by molar-refractivity contribution is 7.15. The molecular formula is C13H18N4OS. The minimum Gasteiger partial charge on any atom is -0.486 e. The number of hydrogen-bond acceptors (Lipinski definition) is 6. The molecule has 2 rings (SSSR count). The van der Waals surface area contributed by atoms with Gasteiger partial charge in [-0.3, -0.25) is 5.43 Å². The molecule has 0 saturated carbocycles. The lowest BCUT2D eigenvalue weighted by atomic mass is 9.87. The molecule has 3 N–H and O–H groups in total. The van der Waals surface area contributed by atoms with Crippen LogP contribution in [0.5, 0.6) is 5.75 Å². The second-order valence-electron chi connectivity index (χ2n) is 5.21. The Morgan fingerprint density at radius 3 is 2.74 bits per heavy atom. The second kappa shape index (κ2) is 5.54. The van der Waals surface area contributed by atoms with Crippen LogP contribution in [0.3, 0.4) is 0 Å². The van der Waals surface area contributed by atoms with Gasteiger partial charge in [0.1, 0.15) is 12.4 Å². The molecule has 0 aliphatic carbocycles. The minimum absolute atomic E-state index is 0.110. The van der Waals surface area contributed by atoms with Crippen LogP contribution in [0.25, 0.3) is 0 Å². The number of rotatable bonds is 4. The first-order valence-electron chi connectivity index (χ1n) is 6.01. The number of anilines is 1. The number of ether oxygens (including phenoxy) is 1. The van der Waals surface area contributed by atoms with Crippen LogP contribution in [-0.4, -0.2) is 10.2 Å². The SMILES string of the molecule is CC(C)(C)c1cccc(OCc2nnc(NN)s2)c1. The van der Waals surface area contributed by atoms with E-state index in [4.69, 9.17) is 10.6 Å². The second-order valence-corrected chi connectivity index (χ2v) is 6.27. The molecule has 0 spiro atoms. The van der Waals surface area contributed by atoms with Gasteiger partial charge >= 0.3 is 0 Å². The third-order valence-electron chi connectivity index (χ3n) is 2.65. The Balaban J connectivity index is 2.03. The predicted octanol–water partition coefficient (Wildman–Crippen LogP) is 2.70. The molecule has 1 aromatic carbocycles. The molecule has 0 atom stereocenters. The van der Waals surface area contributed by atoms with Gasteiger partial charge in [-0.05, 0) is 23.1 Å². The number of nitrogens with one attached hydrogen (secondary N) is 1. The van der Waals surface area contributed by atoms with Crippen LogP contribution < -0.4 is 16.0 Å². The molecule has 6 heteroatoms. The minimum atomic E-state index is 0.110. The van der Waals surface area contributed by atoms with Gasteiger partial charge in [-0.2, -0.15) is 0 Å². The number of nitrogens with two attached hydrogens (primary N) is 1. The lowest BCUT2D eigenvalue weighted by Crippen LogP contribution is -2.10. The zero-order chi connectivity index (χ0) is 13.9. The summed E-state index contributed by atoms with van der Waals surface area (Å²) in [5, 5.41) is 9.20. The number of nitrogens with zero attached hydrogens (tertiary/aromatic N) is 2. The van der Waals surface area contributed by atoms with Gasteiger partial charge < -0.3 is 4.74 Å². The molecule has 1 heterocycles. The fourth-order valence-corrected chi connectivity index (χ4v) is 2.13. The van der Waals surface area contributed by atoms with Crippen molar-refractivity contribution in [2.75, 3.05) is 5.43 Å². The van der Waals surface area contributed by atoms with Crippen molar-refractivity contribution in [1.29, 1.82) is 0 Å². The summed E-state index contributed by atoms with van der Waals surface area (Å²) in [6, 6.07) is 8.11. The Morgan fingerprint density at radius 1 is 1.32 bits per heavy atom. The standard InChI is InChI=1S/C13H18N4OS/c1-13(2,3)9-5-4-6-10(7-9)18-8-11-16-17-12(15-14)19-11/h4-7H,8,14H2,1-3H3,(H,15,17). The Morgan fingerprint density at radius 2 is 2.11 bits per heavy atom. The summed E-state index contributed by atoms with van der Waals surface area (Å²) in [6.45, 7) is 6.93. The maximum Gasteiger partial charge on any atom is 0.219 e. The van der Waals surface area contributed by atoms with Crippen LogP contribution >= 0.6 is 11.3 Å². The molecule has 0 bridgehead atoms. The van der Waals surface area contributed by atoms with E-state index in [0.717, 1.165) is 10.8 Å². The van der Waals surface area contributed by atoms with Crippen molar-refractivity contribution < 1.29 is 4.74 Å². The van der Waals surface area contributed by atoms with Gasteiger partial charge in [-0.15, -0.1) is 10.2 Å². The highest BCUT2D eigenvalue weighted by Gasteiger charge is 2.14. The molecule has 0 saturated heterocycles. The molecule has 2 aromatic rings. The Labute approximate surface area is 116 Å². The lowest BCUT2D eigenvalue weighted by Gasteiger charge is -2.19. The summed E-state index contributed by atoms with van der Waals surface area (Å²) >= 11 is 1.38. The van der Waals surface area contributed by atoms with Crippen molar-refractivity contribution in [1.82, 2.24) is 10.2 Å². The maximum atomic E-state index is 5.73. The maximum absolute atomic E-state index is 5.73. The number of aromatic nitrogens is 2. The quantitative estimate of drug-likeness (QED) is 0.664. The normalized spacial score (nSPS) is 11.4. The van der Waals surface area contributed by atoms with E-state index in [1.807, 2.05) is 12.1 Å². The molecule has 5 nitrogen and oxygen atoms in total. The van der Waals surface area contributed by atoms with Crippen LogP contribution in [0.15, 0.2) is 24.3 Å². The van der Waals surface area contributed by atoms with Gasteiger partial charge in [0.05, 0.1) is 0 Å². The fourth-order valence-electron chi connectivity index (χ4n) is 1.57. The molecule has 0 radical (unpaired) electrons. The van der Waals surface area contributed by atoms with E-state index in [0.29, 0.717) is 11.7 Å². The number of benzene rings is 1. The number of nitrogen functional groups attached to an aromatic ring is 1. The van der Waals surface area contributed by atoms with Crippen LogP contribution in [-0.2, 0) is 12.0 Å².